The SMILES string of the molecule is O=S1(=O)CCCC(Cc2cn3c(n2)CCC(O)C3)C1. The molecule has 2 unspecified atom stereocenters. The van der Waals surface area contributed by atoms with Crippen LogP contribution in [0.15, 0.2) is 6.20 Å². The summed E-state index contributed by atoms with van der Waals surface area (Å²) < 4.78 is 25.3. The van der Waals surface area contributed by atoms with Gasteiger partial charge in [0.2, 0.25) is 0 Å². The Morgan fingerprint density at radius 2 is 2.26 bits per heavy atom. The number of imidazole rings is 1. The lowest BCUT2D eigenvalue weighted by atomic mass is 10.00. The van der Waals surface area contributed by atoms with Gasteiger partial charge in [-0.3, -0.25) is 0 Å². The van der Waals surface area contributed by atoms with Gasteiger partial charge < -0.3 is 9.67 Å². The van der Waals surface area contributed by atoms with Gasteiger partial charge in [-0.1, -0.05) is 0 Å². The fraction of sp³-hybridized carbons (Fsp3) is 0.769. The van der Waals surface area contributed by atoms with Crippen LogP contribution in [0.4, 0.5) is 0 Å². The van der Waals surface area contributed by atoms with E-state index in [0.717, 1.165) is 43.6 Å². The molecule has 0 spiro atoms. The van der Waals surface area contributed by atoms with Crippen LogP contribution in [0.1, 0.15) is 30.8 Å². The van der Waals surface area contributed by atoms with E-state index in [1.807, 2.05) is 10.8 Å². The van der Waals surface area contributed by atoms with Gasteiger partial charge in [-0.2, -0.15) is 0 Å². The van der Waals surface area contributed by atoms with Gasteiger partial charge in [0.05, 0.1) is 23.3 Å². The summed E-state index contributed by atoms with van der Waals surface area (Å²) in [6, 6.07) is 0. The van der Waals surface area contributed by atoms with Crippen LogP contribution >= 0.6 is 0 Å². The van der Waals surface area contributed by atoms with Crippen molar-refractivity contribution in [3.8, 4) is 0 Å². The van der Waals surface area contributed by atoms with Crippen LogP contribution in [0.3, 0.4) is 0 Å². The number of hydrogen-bond donors (Lipinski definition) is 1. The maximum absolute atomic E-state index is 11.6. The van der Waals surface area contributed by atoms with E-state index in [-0.39, 0.29) is 12.0 Å². The highest BCUT2D eigenvalue weighted by Gasteiger charge is 2.26. The third-order valence-corrected chi connectivity index (χ3v) is 5.96. The number of rotatable bonds is 2. The second-order valence-electron chi connectivity index (χ2n) is 5.82. The Labute approximate surface area is 113 Å². The lowest BCUT2D eigenvalue weighted by Gasteiger charge is -2.20. The standard InChI is InChI=1S/C13H20N2O3S/c16-12-3-4-13-14-11(7-15(13)8-12)6-10-2-1-5-19(17,18)9-10/h7,10,12,16H,1-6,8-9H2. The monoisotopic (exact) mass is 284 g/mol. The number of sulfone groups is 1. The van der Waals surface area contributed by atoms with Crippen LogP contribution in [0.2, 0.25) is 0 Å². The molecule has 1 aromatic heterocycles. The molecule has 1 aromatic rings. The van der Waals surface area contributed by atoms with Crippen LogP contribution < -0.4 is 0 Å². The molecule has 2 atom stereocenters. The summed E-state index contributed by atoms with van der Waals surface area (Å²) >= 11 is 0. The van der Waals surface area contributed by atoms with E-state index in [1.54, 1.807) is 0 Å². The lowest BCUT2D eigenvalue weighted by molar-refractivity contribution is 0.130. The normalized spacial score (nSPS) is 29.9. The molecular weight excluding hydrogens is 264 g/mol. The smallest absolute Gasteiger partial charge is 0.150 e. The van der Waals surface area contributed by atoms with Crippen LogP contribution in [-0.2, 0) is 29.2 Å². The molecular formula is C13H20N2O3S. The molecule has 0 bridgehead atoms. The third kappa shape index (κ3) is 3.00. The van der Waals surface area contributed by atoms with Crippen molar-refractivity contribution in [2.45, 2.75) is 44.8 Å². The van der Waals surface area contributed by atoms with Crippen molar-refractivity contribution < 1.29 is 13.5 Å². The Hall–Kier alpha value is -0.880. The molecule has 0 aliphatic carbocycles. The van der Waals surface area contributed by atoms with Crippen molar-refractivity contribution >= 4 is 9.84 Å². The number of aliphatic hydroxyl groups excluding tert-OH is 1. The zero-order valence-electron chi connectivity index (χ0n) is 11.0. The quantitative estimate of drug-likeness (QED) is 0.861. The fourth-order valence-corrected chi connectivity index (χ4v) is 4.93. The number of aryl methyl sites for hydroxylation is 1. The summed E-state index contributed by atoms with van der Waals surface area (Å²) in [6.45, 7) is 0.616. The van der Waals surface area contributed by atoms with Crippen molar-refractivity contribution in [3.05, 3.63) is 17.7 Å². The summed E-state index contributed by atoms with van der Waals surface area (Å²) in [5.74, 6) is 1.88. The molecule has 5 nitrogen and oxygen atoms in total. The third-order valence-electron chi connectivity index (χ3n) is 4.07. The van der Waals surface area contributed by atoms with E-state index in [1.165, 1.54) is 0 Å². The highest BCUT2D eigenvalue weighted by Crippen LogP contribution is 2.23. The minimum Gasteiger partial charge on any atom is -0.391 e. The van der Waals surface area contributed by atoms with E-state index in [2.05, 4.69) is 4.98 Å². The van der Waals surface area contributed by atoms with Gasteiger partial charge in [-0.05, 0) is 31.6 Å². The second kappa shape index (κ2) is 4.90. The predicted octanol–water partition coefficient (Wildman–Crippen LogP) is 0.557. The van der Waals surface area contributed by atoms with E-state index < -0.39 is 9.84 Å². The molecule has 0 radical (unpaired) electrons. The molecule has 1 N–H and O–H groups in total. The first kappa shape index (κ1) is 13.1. The lowest BCUT2D eigenvalue weighted by Crippen LogP contribution is -2.26. The summed E-state index contributed by atoms with van der Waals surface area (Å²) in [5, 5.41) is 9.63. The largest absolute Gasteiger partial charge is 0.391 e. The number of aromatic nitrogens is 2. The number of hydrogen-bond acceptors (Lipinski definition) is 4. The zero-order valence-corrected chi connectivity index (χ0v) is 11.8. The predicted molar refractivity (Wildman–Crippen MR) is 71.6 cm³/mol. The summed E-state index contributed by atoms with van der Waals surface area (Å²) in [6.07, 6.45) is 5.79. The van der Waals surface area contributed by atoms with Crippen molar-refractivity contribution in [2.24, 2.45) is 5.92 Å². The Bertz CT molecular complexity index is 564. The van der Waals surface area contributed by atoms with Gasteiger partial charge in [0, 0.05) is 19.2 Å². The molecule has 0 amide bonds. The summed E-state index contributed by atoms with van der Waals surface area (Å²) in [7, 11) is -2.84. The molecule has 3 rings (SSSR count). The Morgan fingerprint density at radius 3 is 3.05 bits per heavy atom. The number of fused-ring (bicyclic) bond motifs is 1. The van der Waals surface area contributed by atoms with Crippen molar-refractivity contribution in [1.29, 1.82) is 0 Å². The summed E-state index contributed by atoms with van der Waals surface area (Å²) in [4.78, 5) is 4.58. The molecule has 106 valence electrons. The minimum absolute atomic E-state index is 0.209. The van der Waals surface area contributed by atoms with E-state index in [9.17, 15) is 13.5 Å². The molecule has 19 heavy (non-hydrogen) atoms. The molecule has 2 aliphatic heterocycles. The number of aliphatic hydroxyl groups is 1. The van der Waals surface area contributed by atoms with Gasteiger partial charge >= 0.3 is 0 Å². The average Bonchev–Trinajstić information content (AvgIpc) is 2.68. The Morgan fingerprint density at radius 1 is 1.42 bits per heavy atom. The van der Waals surface area contributed by atoms with Crippen molar-refractivity contribution in [3.63, 3.8) is 0 Å². The van der Waals surface area contributed by atoms with Crippen molar-refractivity contribution in [1.82, 2.24) is 9.55 Å². The van der Waals surface area contributed by atoms with Gasteiger partial charge in [-0.15, -0.1) is 0 Å². The zero-order chi connectivity index (χ0) is 13.5. The molecule has 1 fully saturated rings. The first-order chi connectivity index (χ1) is 9.02. The van der Waals surface area contributed by atoms with E-state index >= 15 is 0 Å². The van der Waals surface area contributed by atoms with Gasteiger partial charge in [0.1, 0.15) is 5.82 Å². The minimum atomic E-state index is -2.84. The molecule has 0 saturated carbocycles. The average molecular weight is 284 g/mol. The molecule has 0 aromatic carbocycles. The van der Waals surface area contributed by atoms with Gasteiger partial charge in [0.25, 0.3) is 0 Å². The van der Waals surface area contributed by atoms with Gasteiger partial charge in [-0.25, -0.2) is 13.4 Å². The van der Waals surface area contributed by atoms with Crippen LogP contribution in [0.5, 0.6) is 0 Å². The molecule has 6 heteroatoms. The Balaban J connectivity index is 1.70. The van der Waals surface area contributed by atoms with Crippen LogP contribution in [-0.4, -0.2) is 40.7 Å². The maximum atomic E-state index is 11.6. The first-order valence-electron chi connectivity index (χ1n) is 6.95. The molecule has 3 heterocycles. The van der Waals surface area contributed by atoms with E-state index in [4.69, 9.17) is 0 Å². The van der Waals surface area contributed by atoms with Gasteiger partial charge in [0.15, 0.2) is 9.84 Å². The van der Waals surface area contributed by atoms with Crippen LogP contribution in [0.25, 0.3) is 0 Å². The second-order valence-corrected chi connectivity index (χ2v) is 8.05. The summed E-state index contributed by atoms with van der Waals surface area (Å²) in [5.41, 5.74) is 0.978. The van der Waals surface area contributed by atoms with E-state index in [0.29, 0.717) is 18.1 Å². The first-order valence-corrected chi connectivity index (χ1v) is 8.77. The molecule has 2 aliphatic rings. The molecule has 1 saturated heterocycles. The topological polar surface area (TPSA) is 72.2 Å². The number of nitrogens with zero attached hydrogens (tertiary/aromatic N) is 2. The van der Waals surface area contributed by atoms with Crippen molar-refractivity contribution in [2.75, 3.05) is 11.5 Å². The highest BCUT2D eigenvalue weighted by molar-refractivity contribution is 7.91. The highest BCUT2D eigenvalue weighted by atomic mass is 32.2. The van der Waals surface area contributed by atoms with Crippen LogP contribution in [0, 0.1) is 5.92 Å². The Kier molecular flexibility index (Phi) is 3.39. The maximum Gasteiger partial charge on any atom is 0.150 e. The fourth-order valence-electron chi connectivity index (χ4n) is 3.16.